The van der Waals surface area contributed by atoms with E-state index in [9.17, 15) is 36.7 Å². The van der Waals surface area contributed by atoms with Crippen LogP contribution in [0.4, 0.5) is 115 Å². The number of hydrogen-bond acceptors (Lipinski definition) is 27. The van der Waals surface area contributed by atoms with Gasteiger partial charge in [0, 0.05) is 151 Å². The fourth-order valence-corrected chi connectivity index (χ4v) is 18.4. The van der Waals surface area contributed by atoms with Crippen LogP contribution in [-0.2, 0) is 22.8 Å². The van der Waals surface area contributed by atoms with Gasteiger partial charge in [0.25, 0.3) is 6.43 Å². The van der Waals surface area contributed by atoms with E-state index in [1.54, 1.807) is 55.5 Å². The molecule has 24 rings (SSSR count). The summed E-state index contributed by atoms with van der Waals surface area (Å²) >= 11 is 0. The third-order valence-electron chi connectivity index (χ3n) is 27.0. The molecule has 0 unspecified atom stereocenters. The molecular formula is C97H99F6N31O8. The predicted octanol–water partition coefficient (Wildman–Crippen LogP) is 18.3. The van der Waals surface area contributed by atoms with Gasteiger partial charge in [-0.1, -0.05) is 58.7 Å². The number of hydrogen-bond donors (Lipinski definition) is 12. The summed E-state index contributed by atoms with van der Waals surface area (Å²) in [6.45, 7) is 9.40. The Morgan fingerprint density at radius 3 is 1.07 bits per heavy atom. The van der Waals surface area contributed by atoms with Crippen LogP contribution in [0.3, 0.4) is 0 Å². The molecule has 8 aliphatic rings. The van der Waals surface area contributed by atoms with Crippen molar-refractivity contribution in [3.8, 4) is 44.5 Å². The molecule has 0 spiro atoms. The highest BCUT2D eigenvalue weighted by molar-refractivity contribution is 6.07. The molecule has 14 heterocycles. The van der Waals surface area contributed by atoms with E-state index < -0.39 is 53.7 Å². The van der Waals surface area contributed by atoms with Crippen molar-refractivity contribution in [1.82, 2.24) is 93.5 Å². The summed E-state index contributed by atoms with van der Waals surface area (Å²) in [5, 5.41) is 38.9. The maximum atomic E-state index is 15.1. The first kappa shape index (κ1) is 92.3. The summed E-state index contributed by atoms with van der Waals surface area (Å²) in [6.07, 6.45) is 23.1. The Labute approximate surface area is 804 Å². The number of likely N-dealkylation sites (tertiary alicyclic amines) is 2. The molecule has 0 bridgehead atoms. The lowest BCUT2D eigenvalue weighted by Crippen LogP contribution is -2.56. The first-order valence-electron chi connectivity index (χ1n) is 46.4. The Morgan fingerprint density at radius 1 is 0.423 bits per heavy atom. The van der Waals surface area contributed by atoms with Crippen LogP contribution in [0, 0.1) is 17.5 Å². The number of nitrogen functional groups attached to an aromatic ring is 4. The molecule has 0 radical (unpaired) electrons. The van der Waals surface area contributed by atoms with E-state index in [-0.39, 0.29) is 80.0 Å². The fraction of sp³-hybridized carbons (Fsp3) is 0.340. The molecule has 0 atom stereocenters. The summed E-state index contributed by atoms with van der Waals surface area (Å²) in [5.41, 5.74) is 34.2. The lowest BCUT2D eigenvalue weighted by Gasteiger charge is -2.41. The molecule has 6 saturated carbocycles. The van der Waals surface area contributed by atoms with E-state index in [0.717, 1.165) is 147 Å². The fourth-order valence-electron chi connectivity index (χ4n) is 18.4. The topological polar surface area (TPSA) is 505 Å². The van der Waals surface area contributed by atoms with Crippen LogP contribution >= 0.6 is 0 Å². The van der Waals surface area contributed by atoms with E-state index in [0.29, 0.717) is 116 Å². The molecule has 8 fully saturated rings. The number of nitrogens with zero attached hydrogens (tertiary/aromatic N) is 19. The number of carbonyl (C=O) groups is 4. The Balaban J connectivity index is 0.000000112. The molecule has 12 aromatic heterocycles. The molecule has 732 valence electrons. The molecule has 2 aliphatic heterocycles. The Kier molecular flexibility index (Phi) is 23.6. The molecule has 39 nitrogen and oxygen atoms in total. The molecule has 45 heteroatoms. The Morgan fingerprint density at radius 2 is 0.746 bits per heavy atom. The van der Waals surface area contributed by atoms with Gasteiger partial charge in [-0.3, -0.25) is 26.2 Å². The molecular weight excluding hydrogens is 1840 g/mol. The average molecular weight is 1940 g/mol. The first-order chi connectivity index (χ1) is 68.2. The van der Waals surface area contributed by atoms with E-state index in [2.05, 4.69) is 147 Å². The monoisotopic (exact) mass is 1940 g/mol. The van der Waals surface area contributed by atoms with Crippen LogP contribution < -0.4 is 65.5 Å². The third kappa shape index (κ3) is 19.1. The van der Waals surface area contributed by atoms with Crippen LogP contribution in [0.25, 0.3) is 88.6 Å². The first-order valence-corrected chi connectivity index (χ1v) is 46.4. The zero-order chi connectivity index (χ0) is 98.7. The molecule has 16 N–H and O–H groups in total. The number of halogens is 6. The second kappa shape index (κ2) is 36.3. The number of benzene rings is 4. The van der Waals surface area contributed by atoms with Gasteiger partial charge in [-0.2, -0.15) is 0 Å². The maximum Gasteiger partial charge on any atom is 0.326 e. The molecule has 142 heavy (non-hydrogen) atoms. The number of likely N-dealkylation sites (N-methyl/N-ethyl adjacent to an activating group) is 2. The maximum absolute atomic E-state index is 15.1. The number of anilines is 12. The zero-order valence-electron chi connectivity index (χ0n) is 77.8. The Bertz CT molecular complexity index is 7610. The highest BCUT2D eigenvalue weighted by atomic mass is 19.3. The number of amides is 8. The van der Waals surface area contributed by atoms with Gasteiger partial charge in [-0.05, 0) is 176 Å². The summed E-state index contributed by atoms with van der Waals surface area (Å²) < 4.78 is 116. The van der Waals surface area contributed by atoms with Crippen molar-refractivity contribution in [3.05, 3.63) is 193 Å². The normalized spacial score (nSPS) is 16.9. The van der Waals surface area contributed by atoms with E-state index >= 15 is 8.78 Å². The predicted molar refractivity (Wildman–Crippen MR) is 520 cm³/mol. The number of aromatic nitrogens is 16. The second-order valence-corrected chi connectivity index (χ2v) is 38.8. The molecule has 4 aromatic carbocycles. The van der Waals surface area contributed by atoms with Crippen LogP contribution in [-0.4, -0.2) is 177 Å². The minimum Gasteiger partial charge on any atom is -0.383 e. The minimum atomic E-state index is -2.82. The summed E-state index contributed by atoms with van der Waals surface area (Å²) in [7, 11) is 6.08. The zero-order valence-corrected chi connectivity index (χ0v) is 77.8. The SMILES string of the molecule is CC1(F)CN(Cc2cc(NC(=O)Nc3ccc(-c4cn(C5CC5)c5ncnc(N)c45)cc3F)on2)C1.CC1(c2cc(NC(=O)Nc3ccc(-c4cn(C5CC5)c5ncnc(N)c45)cc3C(F)F)on2)CC1.CN(C)CC1(c2cc(NC(=O)Nc3ccc(-c4cn(C5CC5)c5ncnc(N)c45)cc3F)on2)CC1.CN1CC(n2cc(-c3ccc(NC(=O)Nc4cc(C5(C)CC5)no4)c(F)c3)c3c(N)ncnc32)C1. The van der Waals surface area contributed by atoms with E-state index in [1.165, 1.54) is 73.8 Å². The average Bonchev–Trinajstić information content (AvgIpc) is 1.61. The number of nitrogens with two attached hydrogens (primary N) is 4. The van der Waals surface area contributed by atoms with Crippen LogP contribution in [0.1, 0.15) is 157 Å². The largest absolute Gasteiger partial charge is 0.383 e. The van der Waals surface area contributed by atoms with Crippen molar-refractivity contribution in [3.63, 3.8) is 0 Å². The highest BCUT2D eigenvalue weighted by Crippen LogP contribution is 2.52. The van der Waals surface area contributed by atoms with Crippen molar-refractivity contribution < 1.29 is 63.6 Å². The number of nitrogens with one attached hydrogen (secondary N) is 8. The van der Waals surface area contributed by atoms with Crippen molar-refractivity contribution >= 4 is 138 Å². The number of urea groups is 4. The lowest BCUT2D eigenvalue weighted by atomic mass is 9.99. The van der Waals surface area contributed by atoms with Crippen molar-refractivity contribution in [2.24, 2.45) is 0 Å². The van der Waals surface area contributed by atoms with Gasteiger partial charge in [0.15, 0.2) is 0 Å². The summed E-state index contributed by atoms with van der Waals surface area (Å²) in [5.74, 6) is 0.220. The minimum absolute atomic E-state index is 0.00560. The standard InChI is InChI=1S/C25H27FN8O2.C24H24F2N8O2.C24H23F2N7O2.C24H25FN8O2/c1-33(2)12-25(7-8-25)19-10-20(36-32-19)31-24(35)30-18-6-3-14(9-17(18)26)16-11-34(15-4-5-15)23-21(16)22(27)28-13-29-23;1-24(26)10-33(11-24)8-14-7-19(36-32-14)31-23(35)30-18-5-2-13(6-17(18)25)16-9-34(15-3-4-15)22-20(16)21(27)28-12-29-22;1-24(6-7-24)17-9-18(35-32-17)31-23(34)30-16-5-2-12(8-14(16)20(25)26)15-10-33(13-3-4-13)22-19(15)21(27)28-11-29-22;1-24(5-6-24)18-8-19(35-31-18)30-23(34)29-17-4-3-13(7-16(17)25)15-11-33(14-9-32(2)10-14)22-20(15)21(26)27-12-28-22/h3,6,9-11,13,15H,4-5,7-8,12H2,1-2H3,(H2,27,28,29)(H2,30,31,35);2,5-7,9,12,15H,3-4,8,10-11H2,1H3,(H2,27,28,29)(H2,30,31,35);2,5,8-11,13,20H,3-4,6-7H2,1H3,(H2,27,28,29)(H2,30,31,34);3-4,7-8,11-12,14H,5-6,9-10H2,1-2H3,(H2,26,27,28)(H2,29,30,34). The lowest BCUT2D eigenvalue weighted by molar-refractivity contribution is -0.0236. The van der Waals surface area contributed by atoms with Gasteiger partial charge >= 0.3 is 24.1 Å². The summed E-state index contributed by atoms with van der Waals surface area (Å²) in [6, 6.07) is 23.6. The quantitative estimate of drug-likeness (QED) is 0.0250. The van der Waals surface area contributed by atoms with Gasteiger partial charge in [0.05, 0.1) is 73.1 Å². The van der Waals surface area contributed by atoms with Crippen LogP contribution in [0.5, 0.6) is 0 Å². The van der Waals surface area contributed by atoms with Gasteiger partial charge < -0.3 is 90.4 Å². The molecule has 16 aromatic rings. The van der Waals surface area contributed by atoms with Crippen molar-refractivity contribution in [2.45, 2.75) is 157 Å². The van der Waals surface area contributed by atoms with Crippen molar-refractivity contribution in [2.75, 3.05) is 119 Å². The number of alkyl halides is 3. The number of carbonyl (C=O) groups excluding carboxylic acids is 4. The van der Waals surface area contributed by atoms with Gasteiger partial charge in [0.1, 0.15) is 94.3 Å². The molecule has 8 amide bonds. The Hall–Kier alpha value is -16.1. The van der Waals surface area contributed by atoms with E-state index in [4.69, 9.17) is 41.0 Å². The highest BCUT2D eigenvalue weighted by Gasteiger charge is 2.48. The summed E-state index contributed by atoms with van der Waals surface area (Å²) in [4.78, 5) is 90.1. The number of rotatable bonds is 24. The van der Waals surface area contributed by atoms with E-state index in [1.807, 2.05) is 48.3 Å². The third-order valence-corrected chi connectivity index (χ3v) is 27.0. The van der Waals surface area contributed by atoms with Gasteiger partial charge in [-0.25, -0.2) is 85.4 Å². The van der Waals surface area contributed by atoms with Crippen molar-refractivity contribution in [1.29, 1.82) is 0 Å². The van der Waals surface area contributed by atoms with Crippen LogP contribution in [0.15, 0.2) is 165 Å². The van der Waals surface area contributed by atoms with Crippen LogP contribution in [0.2, 0.25) is 0 Å². The second-order valence-electron chi connectivity index (χ2n) is 38.8. The smallest absolute Gasteiger partial charge is 0.326 e. The number of fused-ring (bicyclic) bond motifs is 4. The van der Waals surface area contributed by atoms with Gasteiger partial charge in [-0.15, -0.1) is 0 Å². The van der Waals surface area contributed by atoms with Gasteiger partial charge in [0.2, 0.25) is 23.5 Å². The molecule has 2 saturated heterocycles. The molecule has 6 aliphatic carbocycles.